The lowest BCUT2D eigenvalue weighted by atomic mass is 10.1. The number of aliphatic hydroxyl groups is 1. The molecule has 1 atom stereocenters. The highest BCUT2D eigenvalue weighted by molar-refractivity contribution is 7.11. The molecule has 0 aliphatic rings. The summed E-state index contributed by atoms with van der Waals surface area (Å²) >= 11 is 1.55. The van der Waals surface area contributed by atoms with E-state index < -0.39 is 6.10 Å². The maximum atomic E-state index is 10.2. The molecule has 0 aliphatic heterocycles. The summed E-state index contributed by atoms with van der Waals surface area (Å²) in [6.07, 6.45) is 2.80. The van der Waals surface area contributed by atoms with Gasteiger partial charge >= 0.3 is 0 Å². The maximum Gasteiger partial charge on any atom is 0.0953 e. The third kappa shape index (κ3) is 2.79. The van der Waals surface area contributed by atoms with Crippen molar-refractivity contribution in [1.82, 2.24) is 14.8 Å². The Morgan fingerprint density at radius 1 is 1.44 bits per heavy atom. The summed E-state index contributed by atoms with van der Waals surface area (Å²) in [4.78, 5) is 5.10. The van der Waals surface area contributed by atoms with Gasteiger partial charge in [0.05, 0.1) is 21.7 Å². The van der Waals surface area contributed by atoms with Gasteiger partial charge in [0.2, 0.25) is 0 Å². The van der Waals surface area contributed by atoms with Crippen LogP contribution in [0.15, 0.2) is 12.3 Å². The van der Waals surface area contributed by atoms with Crippen molar-refractivity contribution in [2.24, 2.45) is 0 Å². The molecule has 0 spiro atoms. The summed E-state index contributed by atoms with van der Waals surface area (Å²) in [6, 6.07) is 2.08. The minimum absolute atomic E-state index is 0.483. The quantitative estimate of drug-likeness (QED) is 0.903. The first-order chi connectivity index (χ1) is 8.63. The van der Waals surface area contributed by atoms with E-state index in [0.717, 1.165) is 34.2 Å². The molecule has 98 valence electrons. The fourth-order valence-corrected chi connectivity index (χ4v) is 2.73. The van der Waals surface area contributed by atoms with E-state index in [4.69, 9.17) is 0 Å². The molecule has 2 aromatic rings. The lowest BCUT2D eigenvalue weighted by Gasteiger charge is -2.09. The van der Waals surface area contributed by atoms with Crippen molar-refractivity contribution in [2.75, 3.05) is 0 Å². The van der Waals surface area contributed by atoms with Crippen LogP contribution in [-0.2, 0) is 19.4 Å². The minimum Gasteiger partial charge on any atom is -0.387 e. The van der Waals surface area contributed by atoms with Crippen molar-refractivity contribution >= 4 is 11.3 Å². The number of aromatic nitrogens is 3. The van der Waals surface area contributed by atoms with E-state index in [0.29, 0.717) is 6.42 Å². The van der Waals surface area contributed by atoms with Gasteiger partial charge in [-0.15, -0.1) is 11.3 Å². The molecule has 2 rings (SSSR count). The second-order valence-corrected chi connectivity index (χ2v) is 5.56. The van der Waals surface area contributed by atoms with Gasteiger partial charge in [-0.05, 0) is 26.3 Å². The Morgan fingerprint density at radius 2 is 2.22 bits per heavy atom. The van der Waals surface area contributed by atoms with E-state index in [9.17, 15) is 5.11 Å². The zero-order chi connectivity index (χ0) is 13.1. The minimum atomic E-state index is -0.483. The van der Waals surface area contributed by atoms with E-state index in [1.54, 1.807) is 17.5 Å². The van der Waals surface area contributed by atoms with Crippen LogP contribution in [0.3, 0.4) is 0 Å². The van der Waals surface area contributed by atoms with Gasteiger partial charge in [-0.25, -0.2) is 4.98 Å². The van der Waals surface area contributed by atoms with E-state index in [1.165, 1.54) is 0 Å². The Morgan fingerprint density at radius 3 is 2.78 bits per heavy atom. The van der Waals surface area contributed by atoms with Crippen molar-refractivity contribution in [3.63, 3.8) is 0 Å². The second kappa shape index (κ2) is 5.63. The van der Waals surface area contributed by atoms with Crippen LogP contribution in [0.25, 0.3) is 0 Å². The molecular formula is C13H19N3OS. The van der Waals surface area contributed by atoms with Gasteiger partial charge in [-0.3, -0.25) is 4.68 Å². The maximum absolute atomic E-state index is 10.2. The molecule has 0 amide bonds. The molecular weight excluding hydrogens is 246 g/mol. The van der Waals surface area contributed by atoms with Crippen LogP contribution in [0.5, 0.6) is 0 Å². The molecule has 18 heavy (non-hydrogen) atoms. The Bertz CT molecular complexity index is 518. The average molecular weight is 265 g/mol. The molecule has 5 heteroatoms. The number of hydrogen-bond donors (Lipinski definition) is 1. The Hall–Kier alpha value is -1.20. The van der Waals surface area contributed by atoms with Gasteiger partial charge in [0.1, 0.15) is 0 Å². The molecule has 4 nitrogen and oxygen atoms in total. The van der Waals surface area contributed by atoms with E-state index >= 15 is 0 Å². The summed E-state index contributed by atoms with van der Waals surface area (Å²) in [5, 5.41) is 15.7. The molecule has 0 saturated carbocycles. The molecule has 1 unspecified atom stereocenters. The zero-order valence-electron chi connectivity index (χ0n) is 11.1. The molecule has 0 aromatic carbocycles. The van der Waals surface area contributed by atoms with Gasteiger partial charge in [-0.1, -0.05) is 6.92 Å². The fourth-order valence-electron chi connectivity index (χ4n) is 1.96. The largest absolute Gasteiger partial charge is 0.387 e. The van der Waals surface area contributed by atoms with Crippen LogP contribution >= 0.6 is 11.3 Å². The Balaban J connectivity index is 2.15. The van der Waals surface area contributed by atoms with Crippen LogP contribution in [0.1, 0.15) is 41.2 Å². The average Bonchev–Trinajstić information content (AvgIpc) is 2.95. The molecule has 2 aromatic heterocycles. The highest BCUT2D eigenvalue weighted by Gasteiger charge is 2.15. The lowest BCUT2D eigenvalue weighted by molar-refractivity contribution is 0.179. The first-order valence-corrected chi connectivity index (χ1v) is 7.11. The van der Waals surface area contributed by atoms with Gasteiger partial charge in [-0.2, -0.15) is 5.10 Å². The first kappa shape index (κ1) is 13.2. The Labute approximate surface area is 111 Å². The predicted molar refractivity (Wildman–Crippen MR) is 72.8 cm³/mol. The molecule has 1 N–H and O–H groups in total. The van der Waals surface area contributed by atoms with Crippen LogP contribution in [0, 0.1) is 6.92 Å². The van der Waals surface area contributed by atoms with Crippen LogP contribution in [-0.4, -0.2) is 19.9 Å². The van der Waals surface area contributed by atoms with Crippen molar-refractivity contribution in [1.29, 1.82) is 0 Å². The summed E-state index contributed by atoms with van der Waals surface area (Å²) in [6.45, 7) is 6.95. The summed E-state index contributed by atoms with van der Waals surface area (Å²) in [7, 11) is 0. The fraction of sp³-hybridized carbons (Fsp3) is 0.538. The van der Waals surface area contributed by atoms with Crippen molar-refractivity contribution in [2.45, 2.75) is 46.3 Å². The highest BCUT2D eigenvalue weighted by atomic mass is 32.1. The third-order valence-corrected chi connectivity index (χ3v) is 3.96. The lowest BCUT2D eigenvalue weighted by Crippen LogP contribution is -2.07. The molecule has 0 fully saturated rings. The zero-order valence-corrected chi connectivity index (χ0v) is 11.9. The topological polar surface area (TPSA) is 50.9 Å². The molecule has 0 saturated heterocycles. The molecule has 2 heterocycles. The molecule has 0 aliphatic carbocycles. The number of thiazole rings is 1. The SMILES string of the molecule is CCc1cc(CC(O)c2cnc(C)s2)n(CC)n1. The van der Waals surface area contributed by atoms with Gasteiger partial charge in [0.15, 0.2) is 0 Å². The summed E-state index contributed by atoms with van der Waals surface area (Å²) < 4.78 is 1.97. The second-order valence-electron chi connectivity index (χ2n) is 4.30. The van der Waals surface area contributed by atoms with E-state index in [1.807, 2.05) is 11.6 Å². The number of hydrogen-bond acceptors (Lipinski definition) is 4. The van der Waals surface area contributed by atoms with Crippen molar-refractivity contribution in [3.05, 3.63) is 33.5 Å². The summed E-state index contributed by atoms with van der Waals surface area (Å²) in [5.41, 5.74) is 2.17. The molecule has 0 radical (unpaired) electrons. The normalized spacial score (nSPS) is 12.9. The van der Waals surface area contributed by atoms with Crippen LogP contribution in [0.4, 0.5) is 0 Å². The number of nitrogens with zero attached hydrogens (tertiary/aromatic N) is 3. The van der Waals surface area contributed by atoms with Crippen molar-refractivity contribution < 1.29 is 5.11 Å². The van der Waals surface area contributed by atoms with Crippen LogP contribution < -0.4 is 0 Å². The number of rotatable bonds is 5. The standard InChI is InChI=1S/C13H19N3OS/c1-4-10-6-11(16(5-2)15-10)7-12(17)13-8-14-9(3)18-13/h6,8,12,17H,4-5,7H2,1-3H3. The smallest absolute Gasteiger partial charge is 0.0953 e. The van der Waals surface area contributed by atoms with E-state index in [2.05, 4.69) is 30.0 Å². The summed E-state index contributed by atoms with van der Waals surface area (Å²) in [5.74, 6) is 0. The Kier molecular flexibility index (Phi) is 4.14. The number of aliphatic hydroxyl groups excluding tert-OH is 1. The van der Waals surface area contributed by atoms with Crippen LogP contribution in [0.2, 0.25) is 0 Å². The van der Waals surface area contributed by atoms with Crippen molar-refractivity contribution in [3.8, 4) is 0 Å². The predicted octanol–water partition coefficient (Wildman–Crippen LogP) is 2.51. The molecule has 0 bridgehead atoms. The highest BCUT2D eigenvalue weighted by Crippen LogP contribution is 2.24. The van der Waals surface area contributed by atoms with E-state index in [-0.39, 0.29) is 0 Å². The number of aryl methyl sites for hydroxylation is 3. The monoisotopic (exact) mass is 265 g/mol. The van der Waals surface area contributed by atoms with Gasteiger partial charge in [0, 0.05) is 24.9 Å². The van der Waals surface area contributed by atoms with Gasteiger partial charge in [0.25, 0.3) is 0 Å². The van der Waals surface area contributed by atoms with Gasteiger partial charge < -0.3 is 5.11 Å². The third-order valence-electron chi connectivity index (χ3n) is 2.95. The first-order valence-electron chi connectivity index (χ1n) is 6.30.